The van der Waals surface area contributed by atoms with Crippen molar-refractivity contribution in [3.05, 3.63) is 34.1 Å². The normalized spacial score (nSPS) is 13.2. The minimum atomic E-state index is -4.96. The van der Waals surface area contributed by atoms with Crippen LogP contribution in [0.5, 0.6) is 0 Å². The number of aromatic nitrogens is 2. The van der Waals surface area contributed by atoms with Gasteiger partial charge in [0.25, 0.3) is 0 Å². The molecule has 112 valence electrons. The maximum atomic E-state index is 12.3. The van der Waals surface area contributed by atoms with E-state index in [0.29, 0.717) is 15.6 Å². The van der Waals surface area contributed by atoms with E-state index < -0.39 is 23.8 Å². The molecule has 0 radical (unpaired) electrons. The van der Waals surface area contributed by atoms with Crippen molar-refractivity contribution < 1.29 is 22.5 Å². The molecule has 9 heteroatoms. The van der Waals surface area contributed by atoms with E-state index in [4.69, 9.17) is 27.7 Å². The predicted molar refractivity (Wildman–Crippen MR) is 69.2 cm³/mol. The number of benzene rings is 1. The fraction of sp³-hybridized carbons (Fsp3) is 0.250. The number of rotatable bonds is 3. The van der Waals surface area contributed by atoms with E-state index in [1.54, 1.807) is 0 Å². The second-order valence-electron chi connectivity index (χ2n) is 4.20. The summed E-state index contributed by atoms with van der Waals surface area (Å²) in [6.07, 6.45) is -4.96. The Morgan fingerprint density at radius 3 is 2.33 bits per heavy atom. The standard InChI is InChI=1S/C12H7Cl2F3N2O2/c1-5(9(20)12(15,16)17)11-18-10(19-21-11)6-2-7(13)4-8(14)3-6/h2-5H,1H3. The first-order valence-electron chi connectivity index (χ1n) is 5.59. The van der Waals surface area contributed by atoms with Gasteiger partial charge in [0.2, 0.25) is 17.5 Å². The largest absolute Gasteiger partial charge is 0.450 e. The summed E-state index contributed by atoms with van der Waals surface area (Å²) in [6, 6.07) is 4.42. The van der Waals surface area contributed by atoms with Crippen LogP contribution in [-0.2, 0) is 4.79 Å². The SMILES string of the molecule is CC(C(=O)C(F)(F)F)c1nc(-c2cc(Cl)cc(Cl)c2)no1. The van der Waals surface area contributed by atoms with Crippen LogP contribution in [0, 0.1) is 0 Å². The van der Waals surface area contributed by atoms with E-state index in [1.807, 2.05) is 0 Å². The van der Waals surface area contributed by atoms with E-state index in [1.165, 1.54) is 18.2 Å². The smallest absolute Gasteiger partial charge is 0.338 e. The lowest BCUT2D eigenvalue weighted by Gasteiger charge is -2.08. The monoisotopic (exact) mass is 338 g/mol. The molecule has 0 bridgehead atoms. The highest BCUT2D eigenvalue weighted by Crippen LogP contribution is 2.29. The van der Waals surface area contributed by atoms with Crippen LogP contribution in [0.4, 0.5) is 13.2 Å². The minimum absolute atomic E-state index is 0.00350. The highest BCUT2D eigenvalue weighted by molar-refractivity contribution is 6.35. The molecule has 2 aromatic rings. The van der Waals surface area contributed by atoms with Gasteiger partial charge in [0.1, 0.15) is 5.92 Å². The summed E-state index contributed by atoms with van der Waals surface area (Å²) < 4.78 is 41.7. The number of halogens is 5. The van der Waals surface area contributed by atoms with Gasteiger partial charge in [-0.3, -0.25) is 4.79 Å². The Kier molecular flexibility index (Phi) is 4.25. The lowest BCUT2D eigenvalue weighted by Crippen LogP contribution is -2.27. The Bertz CT molecular complexity index is 665. The highest BCUT2D eigenvalue weighted by Gasteiger charge is 2.44. The molecule has 0 saturated heterocycles. The number of hydrogen-bond acceptors (Lipinski definition) is 4. The van der Waals surface area contributed by atoms with Gasteiger partial charge in [-0.1, -0.05) is 28.4 Å². The number of ketones is 1. The van der Waals surface area contributed by atoms with Crippen molar-refractivity contribution in [3.8, 4) is 11.4 Å². The zero-order valence-electron chi connectivity index (χ0n) is 10.4. The third-order valence-electron chi connectivity index (χ3n) is 2.61. The van der Waals surface area contributed by atoms with Crippen LogP contribution in [0.15, 0.2) is 22.7 Å². The van der Waals surface area contributed by atoms with Crippen LogP contribution in [0.2, 0.25) is 10.0 Å². The summed E-state index contributed by atoms with van der Waals surface area (Å²) >= 11 is 11.6. The maximum absolute atomic E-state index is 12.3. The van der Waals surface area contributed by atoms with Gasteiger partial charge in [0, 0.05) is 15.6 Å². The molecule has 0 N–H and O–H groups in total. The third kappa shape index (κ3) is 3.54. The topological polar surface area (TPSA) is 56.0 Å². The molecule has 1 aromatic carbocycles. The second kappa shape index (κ2) is 5.65. The van der Waals surface area contributed by atoms with Crippen molar-refractivity contribution in [2.45, 2.75) is 19.0 Å². The van der Waals surface area contributed by atoms with E-state index in [2.05, 4.69) is 10.1 Å². The molecule has 1 unspecified atom stereocenters. The molecular weight excluding hydrogens is 332 g/mol. The van der Waals surface area contributed by atoms with Crippen LogP contribution < -0.4 is 0 Å². The Hall–Kier alpha value is -1.60. The average molecular weight is 339 g/mol. The van der Waals surface area contributed by atoms with Gasteiger partial charge >= 0.3 is 6.18 Å². The lowest BCUT2D eigenvalue weighted by atomic mass is 10.1. The van der Waals surface area contributed by atoms with Gasteiger partial charge in [-0.2, -0.15) is 18.2 Å². The van der Waals surface area contributed by atoms with Crippen molar-refractivity contribution in [2.75, 3.05) is 0 Å². The number of Topliss-reactive ketones (excluding diaryl/α,β-unsaturated/α-hetero) is 1. The van der Waals surface area contributed by atoms with Crippen LogP contribution in [0.25, 0.3) is 11.4 Å². The Labute approximate surface area is 126 Å². The van der Waals surface area contributed by atoms with E-state index in [0.717, 1.165) is 6.92 Å². The Balaban J connectivity index is 2.32. The number of carbonyl (C=O) groups is 1. The maximum Gasteiger partial charge on any atom is 0.450 e. The first kappa shape index (κ1) is 15.8. The van der Waals surface area contributed by atoms with Crippen LogP contribution in [0.3, 0.4) is 0 Å². The molecule has 1 aromatic heterocycles. The fourth-order valence-electron chi connectivity index (χ4n) is 1.57. The van der Waals surface area contributed by atoms with Gasteiger partial charge in [0.15, 0.2) is 0 Å². The molecule has 21 heavy (non-hydrogen) atoms. The summed E-state index contributed by atoms with van der Waals surface area (Å²) in [4.78, 5) is 14.9. The minimum Gasteiger partial charge on any atom is -0.338 e. The molecule has 0 aliphatic carbocycles. The fourth-order valence-corrected chi connectivity index (χ4v) is 2.09. The van der Waals surface area contributed by atoms with Crippen LogP contribution >= 0.6 is 23.2 Å². The van der Waals surface area contributed by atoms with Gasteiger partial charge < -0.3 is 4.52 Å². The average Bonchev–Trinajstić information content (AvgIpc) is 2.84. The van der Waals surface area contributed by atoms with Gasteiger partial charge in [-0.25, -0.2) is 0 Å². The summed E-state index contributed by atoms with van der Waals surface area (Å²) in [7, 11) is 0. The summed E-state index contributed by atoms with van der Waals surface area (Å²) in [5, 5.41) is 4.15. The molecule has 0 amide bonds. The van der Waals surface area contributed by atoms with Crippen molar-refractivity contribution in [2.24, 2.45) is 0 Å². The molecule has 2 rings (SSSR count). The van der Waals surface area contributed by atoms with Crippen molar-refractivity contribution in [1.82, 2.24) is 10.1 Å². The number of hydrogen-bond donors (Lipinski definition) is 0. The van der Waals surface area contributed by atoms with E-state index >= 15 is 0 Å². The molecule has 1 atom stereocenters. The highest BCUT2D eigenvalue weighted by atomic mass is 35.5. The van der Waals surface area contributed by atoms with Crippen molar-refractivity contribution in [1.29, 1.82) is 0 Å². The zero-order chi connectivity index (χ0) is 15.8. The summed E-state index contributed by atoms with van der Waals surface area (Å²) in [5.74, 6) is -3.97. The van der Waals surface area contributed by atoms with Gasteiger partial charge in [0.05, 0.1) is 0 Å². The molecule has 0 saturated carbocycles. The quantitative estimate of drug-likeness (QED) is 0.838. The number of nitrogens with zero attached hydrogens (tertiary/aromatic N) is 2. The van der Waals surface area contributed by atoms with E-state index in [-0.39, 0.29) is 5.82 Å². The van der Waals surface area contributed by atoms with Gasteiger partial charge in [-0.05, 0) is 25.1 Å². The predicted octanol–water partition coefficient (Wildman–Crippen LogP) is 4.28. The zero-order valence-corrected chi connectivity index (χ0v) is 11.9. The third-order valence-corrected chi connectivity index (χ3v) is 3.04. The van der Waals surface area contributed by atoms with E-state index in [9.17, 15) is 18.0 Å². The summed E-state index contributed by atoms with van der Waals surface area (Å²) in [6.45, 7) is 1.04. The molecular formula is C12H7Cl2F3N2O2. The van der Waals surface area contributed by atoms with Crippen LogP contribution in [-0.4, -0.2) is 22.1 Å². The lowest BCUT2D eigenvalue weighted by molar-refractivity contribution is -0.172. The molecule has 0 fully saturated rings. The van der Waals surface area contributed by atoms with Crippen LogP contribution in [0.1, 0.15) is 18.7 Å². The number of alkyl halides is 3. The first-order chi connectivity index (χ1) is 9.68. The van der Waals surface area contributed by atoms with Gasteiger partial charge in [-0.15, -0.1) is 0 Å². The Morgan fingerprint density at radius 1 is 1.24 bits per heavy atom. The molecule has 0 spiro atoms. The van der Waals surface area contributed by atoms with Crippen molar-refractivity contribution in [3.63, 3.8) is 0 Å². The first-order valence-corrected chi connectivity index (χ1v) is 6.35. The molecule has 0 aliphatic heterocycles. The second-order valence-corrected chi connectivity index (χ2v) is 5.07. The molecule has 4 nitrogen and oxygen atoms in total. The Morgan fingerprint density at radius 2 is 1.81 bits per heavy atom. The number of carbonyl (C=O) groups excluding carboxylic acids is 1. The summed E-state index contributed by atoms with van der Waals surface area (Å²) in [5.41, 5.74) is 0.370. The molecule has 0 aliphatic rings. The van der Waals surface area contributed by atoms with Crippen molar-refractivity contribution >= 4 is 29.0 Å². The molecule has 1 heterocycles.